The van der Waals surface area contributed by atoms with E-state index in [0.29, 0.717) is 18.6 Å². The van der Waals surface area contributed by atoms with E-state index < -0.39 is 0 Å². The number of ketones is 1. The highest BCUT2D eigenvalue weighted by molar-refractivity contribution is 5.87. The zero-order chi connectivity index (χ0) is 7.03. The van der Waals surface area contributed by atoms with Crippen LogP contribution in [0.5, 0.6) is 0 Å². The summed E-state index contributed by atoms with van der Waals surface area (Å²) in [6.07, 6.45) is 1.25. The molecule has 1 N–H and O–H groups in total. The molecule has 1 saturated carbocycles. The quantitative estimate of drug-likeness (QED) is 0.503. The monoisotopic (exact) mass is 141 g/mol. The van der Waals surface area contributed by atoms with Crippen molar-refractivity contribution < 1.29 is 9.53 Å². The maximum Gasteiger partial charge on any atom is 0.138 e. The predicted molar refractivity (Wildman–Crippen MR) is 35.8 cm³/mol. The molecule has 1 heterocycles. The highest BCUT2D eigenvalue weighted by atomic mass is 16.5. The molecule has 2 fully saturated rings. The van der Waals surface area contributed by atoms with Crippen molar-refractivity contribution in [1.82, 2.24) is 5.32 Å². The van der Waals surface area contributed by atoms with E-state index in [-0.39, 0.29) is 5.60 Å². The molecule has 0 bridgehead atoms. The average molecular weight is 141 g/mol. The van der Waals surface area contributed by atoms with Crippen molar-refractivity contribution in [3.63, 3.8) is 0 Å². The molecule has 0 radical (unpaired) electrons. The Morgan fingerprint density at radius 2 is 2.30 bits per heavy atom. The van der Waals surface area contributed by atoms with Crippen LogP contribution in [0.25, 0.3) is 0 Å². The van der Waals surface area contributed by atoms with E-state index in [4.69, 9.17) is 4.74 Å². The number of hydrogen-bond acceptors (Lipinski definition) is 3. The minimum Gasteiger partial charge on any atom is -0.371 e. The second-order valence-electron chi connectivity index (χ2n) is 3.10. The lowest BCUT2D eigenvalue weighted by atomic mass is 9.78. The summed E-state index contributed by atoms with van der Waals surface area (Å²) in [7, 11) is 0. The molecular formula is C7H11NO2. The van der Waals surface area contributed by atoms with Gasteiger partial charge in [0.05, 0.1) is 12.2 Å². The van der Waals surface area contributed by atoms with Crippen LogP contribution in [0.15, 0.2) is 0 Å². The number of nitrogens with one attached hydrogen (secondary N) is 1. The summed E-state index contributed by atoms with van der Waals surface area (Å²) >= 11 is 0. The van der Waals surface area contributed by atoms with Crippen LogP contribution in [-0.4, -0.2) is 31.1 Å². The molecule has 3 nitrogen and oxygen atoms in total. The van der Waals surface area contributed by atoms with E-state index in [1.807, 2.05) is 0 Å². The van der Waals surface area contributed by atoms with Crippen LogP contribution in [0.2, 0.25) is 0 Å². The Kier molecular flexibility index (Phi) is 1.28. The van der Waals surface area contributed by atoms with Gasteiger partial charge < -0.3 is 10.1 Å². The van der Waals surface area contributed by atoms with Gasteiger partial charge in [0.2, 0.25) is 0 Å². The zero-order valence-electron chi connectivity index (χ0n) is 5.85. The predicted octanol–water partition coefficient (Wildman–Crippen LogP) is -0.292. The lowest BCUT2D eigenvalue weighted by Gasteiger charge is -2.43. The van der Waals surface area contributed by atoms with Gasteiger partial charge in [0.1, 0.15) is 5.78 Å². The van der Waals surface area contributed by atoms with Gasteiger partial charge in [-0.1, -0.05) is 0 Å². The molecule has 3 heteroatoms. The van der Waals surface area contributed by atoms with Crippen molar-refractivity contribution in [2.45, 2.75) is 18.4 Å². The van der Waals surface area contributed by atoms with Gasteiger partial charge in [0.15, 0.2) is 0 Å². The van der Waals surface area contributed by atoms with Crippen LogP contribution in [0.1, 0.15) is 12.8 Å². The third-order valence-corrected chi connectivity index (χ3v) is 2.17. The molecule has 2 aliphatic rings. The van der Waals surface area contributed by atoms with Gasteiger partial charge in [-0.15, -0.1) is 0 Å². The topological polar surface area (TPSA) is 38.3 Å². The smallest absolute Gasteiger partial charge is 0.138 e. The van der Waals surface area contributed by atoms with Gasteiger partial charge in [0.25, 0.3) is 0 Å². The first-order valence-electron chi connectivity index (χ1n) is 3.67. The SMILES string of the molecule is O=C1CC2(CNCCO2)C1. The second-order valence-corrected chi connectivity index (χ2v) is 3.10. The fourth-order valence-corrected chi connectivity index (χ4v) is 1.60. The molecule has 1 spiro atoms. The van der Waals surface area contributed by atoms with Gasteiger partial charge in [-0.05, 0) is 0 Å². The van der Waals surface area contributed by atoms with Crippen LogP contribution in [0.3, 0.4) is 0 Å². The molecule has 2 rings (SSSR count). The van der Waals surface area contributed by atoms with Crippen LogP contribution in [-0.2, 0) is 9.53 Å². The normalized spacial score (nSPS) is 30.2. The average Bonchev–Trinajstić information content (AvgIpc) is 1.87. The van der Waals surface area contributed by atoms with Gasteiger partial charge >= 0.3 is 0 Å². The number of carbonyl (C=O) groups is 1. The Morgan fingerprint density at radius 1 is 1.50 bits per heavy atom. The van der Waals surface area contributed by atoms with Crippen molar-refractivity contribution in [2.75, 3.05) is 19.7 Å². The Bertz CT molecular complexity index is 151. The Hall–Kier alpha value is -0.410. The first-order valence-corrected chi connectivity index (χ1v) is 3.67. The van der Waals surface area contributed by atoms with Gasteiger partial charge in [-0.2, -0.15) is 0 Å². The van der Waals surface area contributed by atoms with Gasteiger partial charge in [-0.3, -0.25) is 4.79 Å². The summed E-state index contributed by atoms with van der Waals surface area (Å²) in [4.78, 5) is 10.7. The third-order valence-electron chi connectivity index (χ3n) is 2.17. The van der Waals surface area contributed by atoms with E-state index >= 15 is 0 Å². The molecular weight excluding hydrogens is 130 g/mol. The van der Waals surface area contributed by atoms with E-state index in [1.165, 1.54) is 0 Å². The molecule has 0 aromatic carbocycles. The van der Waals surface area contributed by atoms with Crippen molar-refractivity contribution in [1.29, 1.82) is 0 Å². The molecule has 1 aliphatic heterocycles. The summed E-state index contributed by atoms with van der Waals surface area (Å²) in [5, 5.41) is 3.22. The fourth-order valence-electron chi connectivity index (χ4n) is 1.60. The molecule has 0 amide bonds. The minimum absolute atomic E-state index is 0.0880. The first kappa shape index (κ1) is 6.31. The van der Waals surface area contributed by atoms with Crippen molar-refractivity contribution >= 4 is 5.78 Å². The molecule has 10 heavy (non-hydrogen) atoms. The highest BCUT2D eigenvalue weighted by Crippen LogP contribution is 2.32. The van der Waals surface area contributed by atoms with E-state index in [1.54, 1.807) is 0 Å². The number of Topliss-reactive ketones (excluding diaryl/α,β-unsaturated/α-hetero) is 1. The maximum absolute atomic E-state index is 10.7. The van der Waals surface area contributed by atoms with Crippen molar-refractivity contribution in [2.24, 2.45) is 0 Å². The number of carbonyl (C=O) groups excluding carboxylic acids is 1. The summed E-state index contributed by atoms with van der Waals surface area (Å²) in [5.74, 6) is 0.337. The van der Waals surface area contributed by atoms with Crippen molar-refractivity contribution in [3.05, 3.63) is 0 Å². The molecule has 1 aliphatic carbocycles. The largest absolute Gasteiger partial charge is 0.371 e. The molecule has 56 valence electrons. The number of rotatable bonds is 0. The van der Waals surface area contributed by atoms with Crippen LogP contribution < -0.4 is 5.32 Å². The fraction of sp³-hybridized carbons (Fsp3) is 0.857. The molecule has 0 unspecified atom stereocenters. The minimum atomic E-state index is -0.0880. The lowest BCUT2D eigenvalue weighted by Crippen LogP contribution is -2.57. The first-order chi connectivity index (χ1) is 4.81. The van der Waals surface area contributed by atoms with Gasteiger partial charge in [-0.25, -0.2) is 0 Å². The van der Waals surface area contributed by atoms with Crippen molar-refractivity contribution in [3.8, 4) is 0 Å². The zero-order valence-corrected chi connectivity index (χ0v) is 5.85. The van der Waals surface area contributed by atoms with E-state index in [0.717, 1.165) is 19.7 Å². The summed E-state index contributed by atoms with van der Waals surface area (Å²) in [6, 6.07) is 0. The molecule has 0 aromatic heterocycles. The van der Waals surface area contributed by atoms with Crippen LogP contribution in [0.4, 0.5) is 0 Å². The van der Waals surface area contributed by atoms with Gasteiger partial charge in [0, 0.05) is 25.9 Å². The molecule has 0 aromatic rings. The number of hydrogen-bond donors (Lipinski definition) is 1. The second kappa shape index (κ2) is 2.04. The van der Waals surface area contributed by atoms with Crippen LogP contribution >= 0.6 is 0 Å². The Balaban J connectivity index is 1.96. The Morgan fingerprint density at radius 3 is 2.80 bits per heavy atom. The molecule has 1 saturated heterocycles. The molecule has 0 atom stereocenters. The Labute approximate surface area is 59.7 Å². The standard InChI is InChI=1S/C7H11NO2/c9-6-3-7(4-6)5-8-1-2-10-7/h8H,1-5H2. The van der Waals surface area contributed by atoms with Crippen LogP contribution in [0, 0.1) is 0 Å². The summed E-state index contributed by atoms with van der Waals surface area (Å²) < 4.78 is 5.49. The summed E-state index contributed by atoms with van der Waals surface area (Å²) in [6.45, 7) is 2.54. The third kappa shape index (κ3) is 0.859. The van der Waals surface area contributed by atoms with E-state index in [9.17, 15) is 4.79 Å². The highest BCUT2D eigenvalue weighted by Gasteiger charge is 2.45. The number of ether oxygens (including phenoxy) is 1. The number of morpholine rings is 1. The summed E-state index contributed by atoms with van der Waals surface area (Å²) in [5.41, 5.74) is -0.0880. The van der Waals surface area contributed by atoms with E-state index in [2.05, 4.69) is 5.32 Å². The lowest BCUT2D eigenvalue weighted by molar-refractivity contribution is -0.156. The maximum atomic E-state index is 10.7.